The molecule has 2 amide bonds. The van der Waals surface area contributed by atoms with Gasteiger partial charge in [0.2, 0.25) is 0 Å². The standard InChI is InChI=1S/C42H44N2O7/c1-3-5-23-37(43-41(47)49-25-35-31-19-11-7-15-27(31)28-16-8-12-20-32(28)35)39(45)51-40(46)38(24-6-4-2)44-42(48)50-26-36-33-21-13-9-17-29(33)30-18-10-14-22-34(30)36/h7-22,35-38H,3-6,23-26H2,1-2H3,(H,43,47)(H,44,48)/t37-,38-/m0/s1. The molecule has 2 aliphatic rings. The van der Waals surface area contributed by atoms with E-state index in [0.29, 0.717) is 12.8 Å². The third kappa shape index (κ3) is 7.98. The Morgan fingerprint density at radius 3 is 1.16 bits per heavy atom. The van der Waals surface area contributed by atoms with Crippen molar-refractivity contribution in [3.8, 4) is 22.3 Å². The molecule has 0 bridgehead atoms. The van der Waals surface area contributed by atoms with Gasteiger partial charge in [-0.05, 0) is 57.3 Å². The van der Waals surface area contributed by atoms with Crippen LogP contribution in [0.4, 0.5) is 9.59 Å². The molecule has 0 heterocycles. The molecular formula is C42H44N2O7. The topological polar surface area (TPSA) is 120 Å². The number of unbranched alkanes of at least 4 members (excludes halogenated alkanes) is 2. The summed E-state index contributed by atoms with van der Waals surface area (Å²) in [5.74, 6) is -2.10. The van der Waals surface area contributed by atoms with Gasteiger partial charge in [-0.1, -0.05) is 137 Å². The van der Waals surface area contributed by atoms with Crippen molar-refractivity contribution in [2.75, 3.05) is 13.2 Å². The van der Waals surface area contributed by atoms with Gasteiger partial charge >= 0.3 is 24.1 Å². The van der Waals surface area contributed by atoms with Crippen LogP contribution in [-0.2, 0) is 23.8 Å². The molecule has 0 aliphatic heterocycles. The first kappa shape index (κ1) is 35.4. The zero-order chi connectivity index (χ0) is 35.7. The van der Waals surface area contributed by atoms with E-state index in [-0.39, 0.29) is 37.9 Å². The van der Waals surface area contributed by atoms with E-state index in [0.717, 1.165) is 57.3 Å². The Balaban J connectivity index is 1.05. The quantitative estimate of drug-likeness (QED) is 0.0778. The Labute approximate surface area is 298 Å². The summed E-state index contributed by atoms with van der Waals surface area (Å²) in [5, 5.41) is 5.24. The molecule has 0 aromatic heterocycles. The lowest BCUT2D eigenvalue weighted by Gasteiger charge is -2.21. The van der Waals surface area contributed by atoms with Crippen molar-refractivity contribution < 1.29 is 33.4 Å². The average Bonchev–Trinajstić information content (AvgIpc) is 3.65. The molecule has 2 atom stereocenters. The van der Waals surface area contributed by atoms with Crippen LogP contribution < -0.4 is 10.6 Å². The number of nitrogens with one attached hydrogen (secondary N) is 2. The van der Waals surface area contributed by atoms with E-state index in [9.17, 15) is 19.2 Å². The van der Waals surface area contributed by atoms with Crippen molar-refractivity contribution >= 4 is 24.1 Å². The molecule has 2 aliphatic carbocycles. The van der Waals surface area contributed by atoms with Gasteiger partial charge in [-0.2, -0.15) is 0 Å². The summed E-state index contributed by atoms with van der Waals surface area (Å²) >= 11 is 0. The lowest BCUT2D eigenvalue weighted by atomic mass is 9.98. The van der Waals surface area contributed by atoms with Gasteiger partial charge in [-0.25, -0.2) is 19.2 Å². The molecule has 9 nitrogen and oxygen atoms in total. The highest BCUT2D eigenvalue weighted by Gasteiger charge is 2.33. The third-order valence-corrected chi connectivity index (χ3v) is 9.73. The van der Waals surface area contributed by atoms with E-state index >= 15 is 0 Å². The van der Waals surface area contributed by atoms with Crippen LogP contribution in [-0.4, -0.2) is 49.4 Å². The Kier molecular flexibility index (Phi) is 11.5. The molecule has 2 N–H and O–H groups in total. The first-order valence-electron chi connectivity index (χ1n) is 17.9. The van der Waals surface area contributed by atoms with Gasteiger partial charge in [-0.15, -0.1) is 0 Å². The summed E-state index contributed by atoms with van der Waals surface area (Å²) < 4.78 is 16.6. The van der Waals surface area contributed by atoms with E-state index in [1.54, 1.807) is 0 Å². The minimum absolute atomic E-state index is 0.0808. The molecule has 0 saturated carbocycles. The number of hydrogen-bond donors (Lipinski definition) is 2. The smallest absolute Gasteiger partial charge is 0.407 e. The van der Waals surface area contributed by atoms with Crippen LogP contribution in [0.25, 0.3) is 22.3 Å². The predicted molar refractivity (Wildman–Crippen MR) is 194 cm³/mol. The minimum Gasteiger partial charge on any atom is -0.449 e. The van der Waals surface area contributed by atoms with Gasteiger partial charge < -0.3 is 24.8 Å². The van der Waals surface area contributed by atoms with Crippen LogP contribution in [0.1, 0.15) is 86.5 Å². The lowest BCUT2D eigenvalue weighted by Crippen LogP contribution is -2.47. The van der Waals surface area contributed by atoms with Crippen LogP contribution in [0.2, 0.25) is 0 Å². The molecule has 264 valence electrons. The van der Waals surface area contributed by atoms with Gasteiger partial charge in [0.25, 0.3) is 0 Å². The molecule has 0 unspecified atom stereocenters. The van der Waals surface area contributed by atoms with E-state index in [2.05, 4.69) is 34.9 Å². The van der Waals surface area contributed by atoms with Crippen molar-refractivity contribution in [2.45, 2.75) is 76.3 Å². The predicted octanol–water partition coefficient (Wildman–Crippen LogP) is 8.25. The zero-order valence-electron chi connectivity index (χ0n) is 29.1. The molecule has 0 radical (unpaired) electrons. The molecule has 9 heteroatoms. The molecular weight excluding hydrogens is 644 g/mol. The lowest BCUT2D eigenvalue weighted by molar-refractivity contribution is -0.162. The monoisotopic (exact) mass is 688 g/mol. The van der Waals surface area contributed by atoms with Gasteiger partial charge in [-0.3, -0.25) is 0 Å². The fourth-order valence-corrected chi connectivity index (χ4v) is 7.12. The van der Waals surface area contributed by atoms with E-state index in [4.69, 9.17) is 14.2 Å². The first-order chi connectivity index (χ1) is 24.9. The largest absolute Gasteiger partial charge is 0.449 e. The number of carbonyl (C=O) groups excluding carboxylic acids is 4. The summed E-state index contributed by atoms with van der Waals surface area (Å²) in [6.07, 6.45) is 1.68. The maximum atomic E-state index is 13.3. The highest BCUT2D eigenvalue weighted by atomic mass is 16.6. The second kappa shape index (κ2) is 16.5. The molecule has 4 aromatic carbocycles. The maximum Gasteiger partial charge on any atom is 0.407 e. The van der Waals surface area contributed by atoms with Gasteiger partial charge in [0.1, 0.15) is 25.3 Å². The first-order valence-corrected chi connectivity index (χ1v) is 17.9. The van der Waals surface area contributed by atoms with E-state index in [1.807, 2.05) is 86.6 Å². The summed E-state index contributed by atoms with van der Waals surface area (Å²) in [4.78, 5) is 52.7. The van der Waals surface area contributed by atoms with Gasteiger partial charge in [0.05, 0.1) is 0 Å². The van der Waals surface area contributed by atoms with Crippen molar-refractivity contribution in [3.05, 3.63) is 119 Å². The highest BCUT2D eigenvalue weighted by Crippen LogP contribution is 2.45. The number of benzene rings is 4. The Hall–Kier alpha value is -5.44. The number of alkyl carbamates (subject to hydrolysis) is 2. The number of rotatable bonds is 14. The van der Waals surface area contributed by atoms with Crippen molar-refractivity contribution in [1.82, 2.24) is 10.6 Å². The van der Waals surface area contributed by atoms with Crippen LogP contribution in [0.3, 0.4) is 0 Å². The molecule has 51 heavy (non-hydrogen) atoms. The fraction of sp³-hybridized carbons (Fsp3) is 0.333. The highest BCUT2D eigenvalue weighted by molar-refractivity contribution is 5.93. The molecule has 0 fully saturated rings. The van der Waals surface area contributed by atoms with Crippen LogP contribution >= 0.6 is 0 Å². The van der Waals surface area contributed by atoms with Crippen LogP contribution in [0.5, 0.6) is 0 Å². The average molecular weight is 689 g/mol. The van der Waals surface area contributed by atoms with E-state index < -0.39 is 36.2 Å². The fourth-order valence-electron chi connectivity index (χ4n) is 7.12. The van der Waals surface area contributed by atoms with Crippen LogP contribution in [0, 0.1) is 0 Å². The third-order valence-electron chi connectivity index (χ3n) is 9.73. The summed E-state index contributed by atoms with van der Waals surface area (Å²) in [7, 11) is 0. The summed E-state index contributed by atoms with van der Waals surface area (Å²) in [6.45, 7) is 4.08. The number of amides is 2. The summed E-state index contributed by atoms with van der Waals surface area (Å²) in [6, 6.07) is 29.9. The van der Waals surface area contributed by atoms with Crippen molar-refractivity contribution in [1.29, 1.82) is 0 Å². The normalized spacial score (nSPS) is 13.9. The van der Waals surface area contributed by atoms with E-state index in [1.165, 1.54) is 0 Å². The Morgan fingerprint density at radius 1 is 0.529 bits per heavy atom. The van der Waals surface area contributed by atoms with Gasteiger partial charge in [0.15, 0.2) is 0 Å². The van der Waals surface area contributed by atoms with Crippen LogP contribution in [0.15, 0.2) is 97.1 Å². The maximum absolute atomic E-state index is 13.3. The summed E-state index contributed by atoms with van der Waals surface area (Å²) in [5.41, 5.74) is 8.71. The minimum atomic E-state index is -1.11. The second-order valence-corrected chi connectivity index (χ2v) is 13.1. The second-order valence-electron chi connectivity index (χ2n) is 13.1. The number of hydrogen-bond acceptors (Lipinski definition) is 7. The molecule has 0 saturated heterocycles. The molecule has 6 rings (SSSR count). The molecule has 4 aromatic rings. The number of esters is 2. The SMILES string of the molecule is CCCC[C@H](NC(=O)OCC1c2ccccc2-c2ccccc21)C(=O)OC(=O)[C@H](CCCC)NC(=O)OCC1c2ccccc2-c2ccccc21. The Bertz CT molecular complexity index is 1660. The zero-order valence-corrected chi connectivity index (χ0v) is 29.1. The van der Waals surface area contributed by atoms with Crippen molar-refractivity contribution in [3.63, 3.8) is 0 Å². The number of carbonyl (C=O) groups is 4. The number of fused-ring (bicyclic) bond motifs is 6. The van der Waals surface area contributed by atoms with Gasteiger partial charge in [0, 0.05) is 11.8 Å². The molecule has 0 spiro atoms. The number of ether oxygens (including phenoxy) is 3. The Morgan fingerprint density at radius 2 is 0.843 bits per heavy atom. The van der Waals surface area contributed by atoms with Crippen molar-refractivity contribution in [2.24, 2.45) is 0 Å².